The maximum Gasteiger partial charge on any atom is 0.261 e. The summed E-state index contributed by atoms with van der Waals surface area (Å²) in [7, 11) is 0. The minimum absolute atomic E-state index is 0.121. The first-order chi connectivity index (χ1) is 11.8. The third-order valence-corrected chi connectivity index (χ3v) is 4.89. The van der Waals surface area contributed by atoms with E-state index >= 15 is 0 Å². The molecule has 2 aromatic heterocycles. The van der Waals surface area contributed by atoms with Crippen molar-refractivity contribution in [3.8, 4) is 0 Å². The van der Waals surface area contributed by atoms with Gasteiger partial charge in [-0.1, -0.05) is 20.8 Å². The molecule has 0 aromatic carbocycles. The van der Waals surface area contributed by atoms with Crippen molar-refractivity contribution in [3.63, 3.8) is 0 Å². The predicted octanol–water partition coefficient (Wildman–Crippen LogP) is 2.29. The number of hydrogen-bond acceptors (Lipinski definition) is 3. The lowest BCUT2D eigenvalue weighted by Gasteiger charge is -2.31. The van der Waals surface area contributed by atoms with Gasteiger partial charge in [-0.05, 0) is 42.7 Å². The zero-order chi connectivity index (χ0) is 18.0. The number of carbonyl (C=O) groups is 1. The van der Waals surface area contributed by atoms with Crippen LogP contribution in [0, 0.1) is 5.41 Å². The van der Waals surface area contributed by atoms with Gasteiger partial charge in [0.25, 0.3) is 11.5 Å². The largest absolute Gasteiger partial charge is 0.347 e. The Balaban J connectivity index is 1.83. The van der Waals surface area contributed by atoms with Crippen LogP contribution < -0.4 is 10.9 Å². The highest BCUT2D eigenvalue weighted by Crippen LogP contribution is 2.22. The molecule has 0 spiro atoms. The molecule has 0 saturated carbocycles. The fourth-order valence-corrected chi connectivity index (χ4v) is 3.22. The van der Waals surface area contributed by atoms with E-state index in [4.69, 9.17) is 0 Å². The van der Waals surface area contributed by atoms with E-state index in [9.17, 15) is 9.59 Å². The van der Waals surface area contributed by atoms with Crippen LogP contribution in [-0.4, -0.2) is 26.5 Å². The lowest BCUT2D eigenvalue weighted by Crippen LogP contribution is -2.47. The molecule has 134 valence electrons. The van der Waals surface area contributed by atoms with Crippen LogP contribution in [0.1, 0.15) is 55.2 Å². The van der Waals surface area contributed by atoms with E-state index in [1.54, 1.807) is 18.6 Å². The van der Waals surface area contributed by atoms with Gasteiger partial charge in [-0.25, -0.2) is 4.98 Å². The number of aryl methyl sites for hydroxylation is 2. The number of fused-ring (bicyclic) bond motifs is 1. The van der Waals surface area contributed by atoms with Crippen molar-refractivity contribution in [1.82, 2.24) is 19.9 Å². The summed E-state index contributed by atoms with van der Waals surface area (Å²) in [4.78, 5) is 32.1. The molecular formula is C19H26N4O2. The Morgan fingerprint density at radius 3 is 2.80 bits per heavy atom. The van der Waals surface area contributed by atoms with Gasteiger partial charge in [-0.2, -0.15) is 0 Å². The summed E-state index contributed by atoms with van der Waals surface area (Å²) in [6, 6.07) is 1.66. The Morgan fingerprint density at radius 1 is 1.36 bits per heavy atom. The molecule has 2 aromatic rings. The normalized spacial score (nSPS) is 15.5. The van der Waals surface area contributed by atoms with Gasteiger partial charge < -0.3 is 14.9 Å². The fourth-order valence-electron chi connectivity index (χ4n) is 3.22. The number of hydrogen-bond donors (Lipinski definition) is 2. The summed E-state index contributed by atoms with van der Waals surface area (Å²) in [5.74, 6) is -0.310. The predicted molar refractivity (Wildman–Crippen MR) is 96.6 cm³/mol. The highest BCUT2D eigenvalue weighted by atomic mass is 16.2. The van der Waals surface area contributed by atoms with Gasteiger partial charge in [0, 0.05) is 24.6 Å². The Bertz CT molecular complexity index is 800. The van der Waals surface area contributed by atoms with Gasteiger partial charge in [-0.3, -0.25) is 9.59 Å². The van der Waals surface area contributed by atoms with Crippen LogP contribution in [0.4, 0.5) is 0 Å². The van der Waals surface area contributed by atoms with Crippen LogP contribution in [-0.2, 0) is 19.4 Å². The summed E-state index contributed by atoms with van der Waals surface area (Å²) in [5.41, 5.74) is 1.84. The number of H-pyrrole nitrogens is 1. The van der Waals surface area contributed by atoms with E-state index in [1.807, 2.05) is 10.8 Å². The standard InChI is InChI=1S/C19H26N4O2/c1-19(2,3)16(11-23-9-8-20-12-23)22-18(25)14-10-13-6-4-5-7-15(13)21-17(14)24/h8-10,12,16H,4-7,11H2,1-3H3,(H,21,24)(H,22,25)/t16-/m1/s1. The van der Waals surface area contributed by atoms with Crippen LogP contribution in [0.25, 0.3) is 0 Å². The molecule has 0 fully saturated rings. The van der Waals surface area contributed by atoms with Crippen molar-refractivity contribution < 1.29 is 4.79 Å². The van der Waals surface area contributed by atoms with Crippen LogP contribution in [0.15, 0.2) is 29.6 Å². The maximum absolute atomic E-state index is 12.8. The van der Waals surface area contributed by atoms with Crippen LogP contribution in [0.5, 0.6) is 0 Å². The molecular weight excluding hydrogens is 316 g/mol. The second-order valence-corrected chi connectivity index (χ2v) is 7.87. The average Bonchev–Trinajstić information content (AvgIpc) is 3.05. The van der Waals surface area contributed by atoms with Gasteiger partial charge in [0.05, 0.1) is 12.4 Å². The highest BCUT2D eigenvalue weighted by Gasteiger charge is 2.28. The minimum atomic E-state index is -0.310. The molecule has 25 heavy (non-hydrogen) atoms. The monoisotopic (exact) mass is 342 g/mol. The first-order valence-corrected chi connectivity index (χ1v) is 8.86. The molecule has 6 heteroatoms. The molecule has 6 nitrogen and oxygen atoms in total. The van der Waals surface area contributed by atoms with Gasteiger partial charge in [0.1, 0.15) is 5.56 Å². The molecule has 1 aliphatic carbocycles. The molecule has 0 unspecified atom stereocenters. The highest BCUT2D eigenvalue weighted by molar-refractivity contribution is 5.94. The molecule has 3 rings (SSSR count). The number of amides is 1. The SMILES string of the molecule is CC(C)(C)[C@@H](Cn1ccnc1)NC(=O)c1cc2c([nH]c1=O)CCCC2. The first kappa shape index (κ1) is 17.5. The Morgan fingerprint density at radius 2 is 2.12 bits per heavy atom. The third kappa shape index (κ3) is 4.00. The zero-order valence-corrected chi connectivity index (χ0v) is 15.1. The summed E-state index contributed by atoms with van der Waals surface area (Å²) >= 11 is 0. The Kier molecular flexibility index (Phi) is 4.79. The van der Waals surface area contributed by atoms with Crippen molar-refractivity contribution in [3.05, 3.63) is 52.0 Å². The molecule has 1 amide bonds. The lowest BCUT2D eigenvalue weighted by atomic mass is 9.86. The second kappa shape index (κ2) is 6.86. The van der Waals surface area contributed by atoms with E-state index in [1.165, 1.54) is 0 Å². The van der Waals surface area contributed by atoms with Crippen LogP contribution >= 0.6 is 0 Å². The average molecular weight is 342 g/mol. The molecule has 1 atom stereocenters. The van der Waals surface area contributed by atoms with Gasteiger partial charge >= 0.3 is 0 Å². The summed E-state index contributed by atoms with van der Waals surface area (Å²) in [5, 5.41) is 3.05. The van der Waals surface area contributed by atoms with E-state index in [0.29, 0.717) is 6.54 Å². The van der Waals surface area contributed by atoms with E-state index in [2.05, 4.69) is 36.1 Å². The number of nitrogens with one attached hydrogen (secondary N) is 2. The number of nitrogens with zero attached hydrogens (tertiary/aromatic N) is 2. The van der Waals surface area contributed by atoms with Gasteiger partial charge in [0.15, 0.2) is 0 Å². The van der Waals surface area contributed by atoms with Crippen molar-refractivity contribution in [2.24, 2.45) is 5.41 Å². The fraction of sp³-hybridized carbons (Fsp3) is 0.526. The number of aromatic amines is 1. The van der Waals surface area contributed by atoms with Crippen molar-refractivity contribution in [2.75, 3.05) is 0 Å². The number of carbonyl (C=O) groups excluding carboxylic acids is 1. The summed E-state index contributed by atoms with van der Waals surface area (Å²) in [6.07, 6.45) is 9.32. The Hall–Kier alpha value is -2.37. The van der Waals surface area contributed by atoms with E-state index < -0.39 is 0 Å². The number of imidazole rings is 1. The smallest absolute Gasteiger partial charge is 0.261 e. The van der Waals surface area contributed by atoms with Crippen molar-refractivity contribution >= 4 is 5.91 Å². The third-order valence-electron chi connectivity index (χ3n) is 4.89. The quantitative estimate of drug-likeness (QED) is 0.895. The number of pyridine rings is 1. The molecule has 1 aliphatic rings. The first-order valence-electron chi connectivity index (χ1n) is 8.86. The molecule has 2 heterocycles. The van der Waals surface area contributed by atoms with E-state index in [0.717, 1.165) is 36.9 Å². The molecule has 0 bridgehead atoms. The lowest BCUT2D eigenvalue weighted by molar-refractivity contribution is 0.0891. The van der Waals surface area contributed by atoms with Crippen molar-refractivity contribution in [2.45, 2.75) is 59.0 Å². The molecule has 0 aliphatic heterocycles. The number of aromatic nitrogens is 3. The van der Waals surface area contributed by atoms with Crippen LogP contribution in [0.2, 0.25) is 0 Å². The minimum Gasteiger partial charge on any atom is -0.347 e. The zero-order valence-electron chi connectivity index (χ0n) is 15.1. The molecule has 0 radical (unpaired) electrons. The second-order valence-electron chi connectivity index (χ2n) is 7.87. The molecule has 2 N–H and O–H groups in total. The van der Waals surface area contributed by atoms with E-state index in [-0.39, 0.29) is 28.5 Å². The summed E-state index contributed by atoms with van der Waals surface area (Å²) < 4.78 is 1.94. The summed E-state index contributed by atoms with van der Waals surface area (Å²) in [6.45, 7) is 6.84. The van der Waals surface area contributed by atoms with Gasteiger partial charge in [0.2, 0.25) is 0 Å². The van der Waals surface area contributed by atoms with Crippen molar-refractivity contribution in [1.29, 1.82) is 0 Å². The van der Waals surface area contributed by atoms with Gasteiger partial charge in [-0.15, -0.1) is 0 Å². The van der Waals surface area contributed by atoms with Crippen LogP contribution in [0.3, 0.4) is 0 Å². The maximum atomic E-state index is 12.8. The molecule has 0 saturated heterocycles. The Labute approximate surface area is 147 Å². The number of rotatable bonds is 4. The topological polar surface area (TPSA) is 79.8 Å².